The predicted molar refractivity (Wildman–Crippen MR) is 103 cm³/mol. The van der Waals surface area contributed by atoms with Gasteiger partial charge in [-0.25, -0.2) is 0 Å². The molecular formula is C21H22N2. The topological polar surface area (TPSA) is 24.1 Å². The van der Waals surface area contributed by atoms with Crippen LogP contribution in [0.2, 0.25) is 0 Å². The highest BCUT2D eigenvalue weighted by Gasteiger charge is 2.61. The molecule has 1 aliphatic heterocycles. The number of hydrogen-bond donors (Lipinski definition) is 2. The van der Waals surface area contributed by atoms with Crippen LogP contribution < -0.4 is 10.6 Å². The van der Waals surface area contributed by atoms with Gasteiger partial charge >= 0.3 is 0 Å². The second kappa shape index (κ2) is 4.17. The van der Waals surface area contributed by atoms with E-state index in [2.05, 4.69) is 66.3 Å². The van der Waals surface area contributed by atoms with Gasteiger partial charge in [0.05, 0.1) is 16.9 Å². The summed E-state index contributed by atoms with van der Waals surface area (Å²) in [6.45, 7) is 7.83. The maximum atomic E-state index is 3.92. The molecule has 2 aromatic carbocycles. The van der Waals surface area contributed by atoms with Crippen LogP contribution in [0.25, 0.3) is 18.2 Å². The molecule has 2 unspecified atom stereocenters. The zero-order chi connectivity index (χ0) is 15.6. The van der Waals surface area contributed by atoms with E-state index in [1.165, 1.54) is 16.8 Å². The Morgan fingerprint density at radius 1 is 1.09 bits per heavy atom. The first-order chi connectivity index (χ1) is 11.2. The molecule has 0 saturated heterocycles. The highest BCUT2D eigenvalue weighted by molar-refractivity contribution is 5.88. The van der Waals surface area contributed by atoms with Crippen LogP contribution in [0.15, 0.2) is 55.3 Å². The number of anilines is 2. The molecular weight excluding hydrogens is 280 g/mol. The van der Waals surface area contributed by atoms with Crippen molar-refractivity contribution >= 4 is 29.6 Å². The lowest BCUT2D eigenvalue weighted by atomic mass is 9.89. The summed E-state index contributed by atoms with van der Waals surface area (Å²) in [5.74, 6) is 0.561. The van der Waals surface area contributed by atoms with Gasteiger partial charge in [0.1, 0.15) is 0 Å². The molecule has 0 bridgehead atoms. The third-order valence-corrected chi connectivity index (χ3v) is 5.40. The molecule has 5 rings (SSSR count). The van der Waals surface area contributed by atoms with Crippen molar-refractivity contribution in [3.63, 3.8) is 0 Å². The van der Waals surface area contributed by atoms with Crippen molar-refractivity contribution in [1.82, 2.24) is 0 Å². The zero-order valence-corrected chi connectivity index (χ0v) is 12.9. The molecule has 0 aromatic heterocycles. The third-order valence-electron chi connectivity index (χ3n) is 5.40. The van der Waals surface area contributed by atoms with Crippen molar-refractivity contribution in [1.29, 1.82) is 0 Å². The fourth-order valence-corrected chi connectivity index (χ4v) is 4.11. The summed E-state index contributed by atoms with van der Waals surface area (Å²) in [6.07, 6.45) is 7.22. The van der Waals surface area contributed by atoms with Gasteiger partial charge in [0, 0.05) is 14.5 Å². The standard InChI is InChI=1S/C21H18N2.2H2/c1-3-13-9-18-19(10-14(13)4-2)23-21-12-17(21)16-8-6-5-7-15(16)11-20(21)22-18;;/h3-11,17,22-23H,1-2,12H2;2*1H. The molecule has 2 aromatic rings. The lowest BCUT2D eigenvalue weighted by Gasteiger charge is -2.35. The number of fused-ring (bicyclic) bond motifs is 3. The number of nitrogens with one attached hydrogen (secondary N) is 2. The molecule has 2 aliphatic carbocycles. The van der Waals surface area contributed by atoms with Crippen molar-refractivity contribution in [2.75, 3.05) is 10.6 Å². The molecule has 0 amide bonds. The quantitative estimate of drug-likeness (QED) is 0.756. The Morgan fingerprint density at radius 2 is 1.83 bits per heavy atom. The minimum absolute atomic E-state index is 0. The van der Waals surface area contributed by atoms with Gasteiger partial charge in [-0.3, -0.25) is 0 Å². The van der Waals surface area contributed by atoms with Gasteiger partial charge in [-0.1, -0.05) is 49.6 Å². The SMILES string of the molecule is C=Cc1cc2c(cc1C=C)NC13CC1c1ccccc1C=C3N2.[HH].[HH]. The summed E-state index contributed by atoms with van der Waals surface area (Å²) in [4.78, 5) is 0. The fraction of sp³-hybridized carbons (Fsp3) is 0.143. The molecule has 116 valence electrons. The minimum Gasteiger partial charge on any atom is -0.372 e. The van der Waals surface area contributed by atoms with Gasteiger partial charge in [-0.2, -0.15) is 0 Å². The van der Waals surface area contributed by atoms with Gasteiger partial charge in [0.2, 0.25) is 0 Å². The monoisotopic (exact) mass is 302 g/mol. The lowest BCUT2D eigenvalue weighted by Crippen LogP contribution is -2.36. The van der Waals surface area contributed by atoms with Crippen LogP contribution in [0, 0.1) is 0 Å². The fourth-order valence-electron chi connectivity index (χ4n) is 4.11. The molecule has 2 N–H and O–H groups in total. The minimum atomic E-state index is 0. The highest BCUT2D eigenvalue weighted by atomic mass is 15.2. The maximum Gasteiger partial charge on any atom is 0.0851 e. The van der Waals surface area contributed by atoms with E-state index in [-0.39, 0.29) is 8.39 Å². The normalized spacial score (nSPS) is 25.4. The van der Waals surface area contributed by atoms with E-state index in [1.807, 2.05) is 12.2 Å². The Kier molecular flexibility index (Phi) is 2.31. The average molecular weight is 302 g/mol. The van der Waals surface area contributed by atoms with E-state index in [0.717, 1.165) is 28.9 Å². The molecule has 1 heterocycles. The Balaban J connectivity index is 0.000000911. The molecule has 2 heteroatoms. The molecule has 2 atom stereocenters. The summed E-state index contributed by atoms with van der Waals surface area (Å²) in [6, 6.07) is 13.0. The highest BCUT2D eigenvalue weighted by Crippen LogP contribution is 2.63. The molecule has 23 heavy (non-hydrogen) atoms. The second-order valence-corrected chi connectivity index (χ2v) is 6.60. The molecule has 2 nitrogen and oxygen atoms in total. The van der Waals surface area contributed by atoms with Crippen molar-refractivity contribution < 1.29 is 2.85 Å². The van der Waals surface area contributed by atoms with Gasteiger partial charge in [-0.15, -0.1) is 0 Å². The van der Waals surface area contributed by atoms with Crippen LogP contribution in [0.1, 0.15) is 37.4 Å². The average Bonchev–Trinajstić information content (AvgIpc) is 3.31. The summed E-state index contributed by atoms with van der Waals surface area (Å²) in [5, 5.41) is 7.47. The number of benzene rings is 2. The maximum absolute atomic E-state index is 3.92. The molecule has 1 saturated carbocycles. The van der Waals surface area contributed by atoms with Gasteiger partial charge in [0.15, 0.2) is 0 Å². The van der Waals surface area contributed by atoms with E-state index in [0.29, 0.717) is 5.92 Å². The first-order valence-electron chi connectivity index (χ1n) is 8.04. The van der Waals surface area contributed by atoms with E-state index < -0.39 is 0 Å². The second-order valence-electron chi connectivity index (χ2n) is 6.60. The largest absolute Gasteiger partial charge is 0.372 e. The first kappa shape index (κ1) is 12.8. The first-order valence-corrected chi connectivity index (χ1v) is 8.04. The van der Waals surface area contributed by atoms with Crippen molar-refractivity contribution in [2.24, 2.45) is 0 Å². The Hall–Kier alpha value is -2.74. The van der Waals surface area contributed by atoms with E-state index >= 15 is 0 Å². The number of hydrogen-bond acceptors (Lipinski definition) is 2. The van der Waals surface area contributed by atoms with Crippen LogP contribution in [-0.2, 0) is 0 Å². The van der Waals surface area contributed by atoms with Crippen molar-refractivity contribution in [3.8, 4) is 0 Å². The van der Waals surface area contributed by atoms with E-state index in [4.69, 9.17) is 0 Å². The van der Waals surface area contributed by atoms with Gasteiger partial charge in [-0.05, 0) is 46.9 Å². The summed E-state index contributed by atoms with van der Waals surface area (Å²) < 4.78 is 0. The molecule has 0 radical (unpaired) electrons. The summed E-state index contributed by atoms with van der Waals surface area (Å²) >= 11 is 0. The van der Waals surface area contributed by atoms with Crippen LogP contribution in [0.5, 0.6) is 0 Å². The Labute approximate surface area is 139 Å². The van der Waals surface area contributed by atoms with E-state index in [9.17, 15) is 0 Å². The van der Waals surface area contributed by atoms with E-state index in [1.54, 1.807) is 0 Å². The van der Waals surface area contributed by atoms with Crippen LogP contribution in [0.3, 0.4) is 0 Å². The molecule has 1 fully saturated rings. The summed E-state index contributed by atoms with van der Waals surface area (Å²) in [7, 11) is 0. The molecule has 1 spiro atoms. The zero-order valence-electron chi connectivity index (χ0n) is 12.9. The van der Waals surface area contributed by atoms with Crippen molar-refractivity contribution in [2.45, 2.75) is 17.9 Å². The predicted octanol–water partition coefficient (Wildman–Crippen LogP) is 5.58. The van der Waals surface area contributed by atoms with Crippen LogP contribution in [0.4, 0.5) is 11.4 Å². The summed E-state index contributed by atoms with van der Waals surface area (Å²) in [5.41, 5.74) is 8.63. The Morgan fingerprint density at radius 3 is 2.61 bits per heavy atom. The molecule has 3 aliphatic rings. The number of rotatable bonds is 2. The smallest absolute Gasteiger partial charge is 0.0851 e. The van der Waals surface area contributed by atoms with Crippen LogP contribution in [-0.4, -0.2) is 5.54 Å². The van der Waals surface area contributed by atoms with Crippen molar-refractivity contribution in [3.05, 3.63) is 77.5 Å². The Bertz CT molecular complexity index is 916. The van der Waals surface area contributed by atoms with Crippen LogP contribution >= 0.6 is 0 Å². The third kappa shape index (κ3) is 1.58. The van der Waals surface area contributed by atoms with Gasteiger partial charge in [0.25, 0.3) is 0 Å². The van der Waals surface area contributed by atoms with Gasteiger partial charge < -0.3 is 10.6 Å². The lowest BCUT2D eigenvalue weighted by molar-refractivity contribution is 0.804.